The number of halogens is 1. The van der Waals surface area contributed by atoms with Gasteiger partial charge in [-0.1, -0.05) is 11.6 Å². The van der Waals surface area contributed by atoms with Crippen LogP contribution in [0, 0.1) is 35.3 Å². The summed E-state index contributed by atoms with van der Waals surface area (Å²) in [5.74, 6) is 0. The Hall–Kier alpha value is -2.39. The first kappa shape index (κ1) is 13.1. The van der Waals surface area contributed by atoms with Crippen molar-refractivity contribution in [3.63, 3.8) is 0 Å². The quantitative estimate of drug-likeness (QED) is 0.623. The van der Waals surface area contributed by atoms with Crippen LogP contribution in [-0.2, 0) is 0 Å². The number of nitro benzene ring substituents is 1. The molecular weight excluding hydrogens is 268 g/mol. The molecule has 96 valence electrons. The molecule has 0 N–H and O–H groups in total. The molecular formula is C12H9ClN4O2. The molecule has 0 bridgehead atoms. The van der Waals surface area contributed by atoms with Crippen molar-refractivity contribution >= 4 is 17.3 Å². The molecule has 6 nitrogen and oxygen atoms in total. The topological polar surface area (TPSA) is 84.8 Å². The van der Waals surface area contributed by atoms with E-state index in [9.17, 15) is 10.1 Å². The van der Waals surface area contributed by atoms with Gasteiger partial charge in [0, 0.05) is 12.1 Å². The second kappa shape index (κ2) is 4.71. The molecule has 1 heterocycles. The Balaban J connectivity index is 2.66. The van der Waals surface area contributed by atoms with Crippen LogP contribution in [0.4, 0.5) is 5.69 Å². The Labute approximate surface area is 114 Å². The van der Waals surface area contributed by atoms with Gasteiger partial charge in [-0.15, -0.1) is 0 Å². The maximum atomic E-state index is 10.7. The monoisotopic (exact) mass is 276 g/mol. The third kappa shape index (κ3) is 2.16. The van der Waals surface area contributed by atoms with Gasteiger partial charge in [0.1, 0.15) is 6.07 Å². The van der Waals surface area contributed by atoms with E-state index in [1.165, 1.54) is 22.9 Å². The van der Waals surface area contributed by atoms with Crippen molar-refractivity contribution in [1.29, 1.82) is 5.26 Å². The summed E-state index contributed by atoms with van der Waals surface area (Å²) in [7, 11) is 0. The van der Waals surface area contributed by atoms with Gasteiger partial charge in [-0.05, 0) is 19.9 Å². The predicted molar refractivity (Wildman–Crippen MR) is 69.4 cm³/mol. The fraction of sp³-hybridized carbons (Fsp3) is 0.167. The first-order valence-corrected chi connectivity index (χ1v) is 5.74. The summed E-state index contributed by atoms with van der Waals surface area (Å²) in [6.45, 7) is 3.52. The Morgan fingerprint density at radius 2 is 2.16 bits per heavy atom. The molecule has 19 heavy (non-hydrogen) atoms. The molecule has 0 amide bonds. The number of rotatable bonds is 2. The van der Waals surface area contributed by atoms with Crippen molar-refractivity contribution in [2.24, 2.45) is 0 Å². The first-order valence-electron chi connectivity index (χ1n) is 5.36. The van der Waals surface area contributed by atoms with Crippen LogP contribution in [-0.4, -0.2) is 14.7 Å². The van der Waals surface area contributed by atoms with Gasteiger partial charge >= 0.3 is 0 Å². The van der Waals surface area contributed by atoms with Crippen molar-refractivity contribution in [2.45, 2.75) is 13.8 Å². The summed E-state index contributed by atoms with van der Waals surface area (Å²) in [6, 6.07) is 5.99. The highest BCUT2D eigenvalue weighted by molar-refractivity contribution is 6.31. The number of nitriles is 1. The molecule has 0 saturated carbocycles. The Kier molecular flexibility index (Phi) is 3.23. The SMILES string of the molecule is Cc1nn(-c2ccc([N+](=O)[O-])cc2C#N)c(C)c1Cl. The predicted octanol–water partition coefficient (Wildman–Crippen LogP) is 2.92. The van der Waals surface area contributed by atoms with E-state index in [2.05, 4.69) is 5.10 Å². The van der Waals surface area contributed by atoms with Crippen molar-refractivity contribution in [3.8, 4) is 11.8 Å². The van der Waals surface area contributed by atoms with Crippen LogP contribution in [0.2, 0.25) is 5.02 Å². The lowest BCUT2D eigenvalue weighted by Crippen LogP contribution is -2.02. The molecule has 1 aromatic carbocycles. The van der Waals surface area contributed by atoms with Crippen molar-refractivity contribution in [3.05, 3.63) is 50.3 Å². The van der Waals surface area contributed by atoms with E-state index in [4.69, 9.17) is 16.9 Å². The average molecular weight is 277 g/mol. The van der Waals surface area contributed by atoms with E-state index < -0.39 is 4.92 Å². The molecule has 0 saturated heterocycles. The average Bonchev–Trinajstić information content (AvgIpc) is 2.65. The van der Waals surface area contributed by atoms with Gasteiger partial charge in [0.2, 0.25) is 0 Å². The van der Waals surface area contributed by atoms with Gasteiger partial charge in [-0.3, -0.25) is 10.1 Å². The number of aromatic nitrogens is 2. The zero-order valence-corrected chi connectivity index (χ0v) is 11.0. The van der Waals surface area contributed by atoms with Gasteiger partial charge in [0.05, 0.1) is 32.6 Å². The molecule has 2 aromatic rings. The summed E-state index contributed by atoms with van der Waals surface area (Å²) in [4.78, 5) is 10.2. The summed E-state index contributed by atoms with van der Waals surface area (Å²) < 4.78 is 1.51. The number of hydrogen-bond acceptors (Lipinski definition) is 4. The number of nitro groups is 1. The third-order valence-electron chi connectivity index (χ3n) is 2.74. The number of hydrogen-bond donors (Lipinski definition) is 0. The molecule has 0 atom stereocenters. The number of aryl methyl sites for hydroxylation is 1. The van der Waals surface area contributed by atoms with Crippen LogP contribution in [0.1, 0.15) is 17.0 Å². The van der Waals surface area contributed by atoms with Crippen LogP contribution in [0.25, 0.3) is 5.69 Å². The zero-order chi connectivity index (χ0) is 14.2. The number of nitrogens with zero attached hydrogens (tertiary/aromatic N) is 4. The first-order chi connectivity index (χ1) is 8.95. The maximum Gasteiger partial charge on any atom is 0.270 e. The van der Waals surface area contributed by atoms with Gasteiger partial charge < -0.3 is 0 Å². The molecule has 0 unspecified atom stereocenters. The van der Waals surface area contributed by atoms with E-state index in [1.807, 2.05) is 6.07 Å². The highest BCUT2D eigenvalue weighted by Crippen LogP contribution is 2.26. The summed E-state index contributed by atoms with van der Waals surface area (Å²) >= 11 is 6.05. The highest BCUT2D eigenvalue weighted by Gasteiger charge is 2.16. The maximum absolute atomic E-state index is 10.7. The Morgan fingerprint density at radius 3 is 2.63 bits per heavy atom. The van der Waals surface area contributed by atoms with E-state index in [-0.39, 0.29) is 11.3 Å². The number of benzene rings is 1. The lowest BCUT2D eigenvalue weighted by atomic mass is 10.1. The molecule has 0 spiro atoms. The lowest BCUT2D eigenvalue weighted by Gasteiger charge is -2.06. The Morgan fingerprint density at radius 1 is 1.47 bits per heavy atom. The molecule has 0 fully saturated rings. The van der Waals surface area contributed by atoms with Crippen LogP contribution >= 0.6 is 11.6 Å². The van der Waals surface area contributed by atoms with Gasteiger partial charge in [0.25, 0.3) is 5.69 Å². The van der Waals surface area contributed by atoms with Crippen molar-refractivity contribution in [1.82, 2.24) is 9.78 Å². The van der Waals surface area contributed by atoms with Crippen LogP contribution in [0.5, 0.6) is 0 Å². The summed E-state index contributed by atoms with van der Waals surface area (Å²) in [5.41, 5.74) is 1.84. The fourth-order valence-electron chi connectivity index (χ4n) is 1.77. The zero-order valence-electron chi connectivity index (χ0n) is 10.2. The minimum atomic E-state index is -0.543. The van der Waals surface area contributed by atoms with Crippen LogP contribution in [0.3, 0.4) is 0 Å². The fourth-order valence-corrected chi connectivity index (χ4v) is 1.89. The second-order valence-electron chi connectivity index (χ2n) is 3.97. The number of non-ortho nitro benzene ring substituents is 1. The van der Waals surface area contributed by atoms with Crippen molar-refractivity contribution in [2.75, 3.05) is 0 Å². The van der Waals surface area contributed by atoms with Crippen LogP contribution in [0.15, 0.2) is 18.2 Å². The lowest BCUT2D eigenvalue weighted by molar-refractivity contribution is -0.384. The third-order valence-corrected chi connectivity index (χ3v) is 3.29. The summed E-state index contributed by atoms with van der Waals surface area (Å²) in [6.07, 6.45) is 0. The molecule has 0 radical (unpaired) electrons. The van der Waals surface area contributed by atoms with E-state index in [0.29, 0.717) is 22.1 Å². The molecule has 2 rings (SSSR count). The van der Waals surface area contributed by atoms with Gasteiger partial charge in [-0.2, -0.15) is 10.4 Å². The van der Waals surface area contributed by atoms with Gasteiger partial charge in [0.15, 0.2) is 0 Å². The minimum absolute atomic E-state index is 0.132. The molecule has 7 heteroatoms. The normalized spacial score (nSPS) is 10.2. The molecule has 0 aliphatic heterocycles. The van der Waals surface area contributed by atoms with Crippen molar-refractivity contribution < 1.29 is 4.92 Å². The Bertz CT molecular complexity index is 715. The molecule has 0 aliphatic rings. The molecule has 1 aromatic heterocycles. The van der Waals surface area contributed by atoms with E-state index in [1.54, 1.807) is 13.8 Å². The smallest absolute Gasteiger partial charge is 0.258 e. The largest absolute Gasteiger partial charge is 0.270 e. The highest BCUT2D eigenvalue weighted by atomic mass is 35.5. The van der Waals surface area contributed by atoms with E-state index in [0.717, 1.165) is 0 Å². The van der Waals surface area contributed by atoms with Crippen LogP contribution < -0.4 is 0 Å². The molecule has 0 aliphatic carbocycles. The minimum Gasteiger partial charge on any atom is -0.258 e. The van der Waals surface area contributed by atoms with E-state index >= 15 is 0 Å². The summed E-state index contributed by atoms with van der Waals surface area (Å²) in [5, 5.41) is 24.5. The van der Waals surface area contributed by atoms with Gasteiger partial charge in [-0.25, -0.2) is 4.68 Å². The standard InChI is InChI=1S/C12H9ClN4O2/c1-7-12(13)8(2)16(15-7)11-4-3-10(17(18)19)5-9(11)6-14/h3-5H,1-2H3. The second-order valence-corrected chi connectivity index (χ2v) is 4.34.